The van der Waals surface area contributed by atoms with Crippen LogP contribution < -0.4 is 4.90 Å². The molecule has 1 heterocycles. The van der Waals surface area contributed by atoms with E-state index in [1.807, 2.05) is 49.9 Å². The van der Waals surface area contributed by atoms with E-state index in [4.69, 9.17) is 4.74 Å². The molecule has 150 valence electrons. The Hall–Kier alpha value is -2.60. The van der Waals surface area contributed by atoms with E-state index < -0.39 is 0 Å². The van der Waals surface area contributed by atoms with Crippen molar-refractivity contribution >= 4 is 28.5 Å². The van der Waals surface area contributed by atoms with Gasteiger partial charge < -0.3 is 14.5 Å². The van der Waals surface area contributed by atoms with Crippen molar-refractivity contribution in [2.75, 3.05) is 44.2 Å². The van der Waals surface area contributed by atoms with Crippen molar-refractivity contribution in [3.05, 3.63) is 42.5 Å². The molecule has 2 aromatic rings. The lowest BCUT2D eigenvalue weighted by Gasteiger charge is -2.38. The Morgan fingerprint density at radius 1 is 1.04 bits per heavy atom. The zero-order valence-electron chi connectivity index (χ0n) is 16.9. The molecule has 0 spiro atoms. The second-order valence-corrected chi connectivity index (χ2v) is 6.98. The molecule has 2 aromatic carbocycles. The fraction of sp³-hybridized carbons (Fsp3) is 0.455. The van der Waals surface area contributed by atoms with E-state index in [0.29, 0.717) is 39.3 Å². The maximum absolute atomic E-state index is 13.3. The van der Waals surface area contributed by atoms with Crippen LogP contribution in [0, 0.1) is 0 Å². The first kappa shape index (κ1) is 20.1. The molecule has 6 heteroatoms. The average Bonchev–Trinajstić information content (AvgIpc) is 2.74. The first-order valence-electron chi connectivity index (χ1n) is 10.0. The van der Waals surface area contributed by atoms with E-state index in [-0.39, 0.29) is 18.0 Å². The lowest BCUT2D eigenvalue weighted by molar-refractivity contribution is -0.123. The normalized spacial score (nSPS) is 16.0. The van der Waals surface area contributed by atoms with Crippen molar-refractivity contribution in [2.45, 2.75) is 26.8 Å². The summed E-state index contributed by atoms with van der Waals surface area (Å²) < 4.78 is 5.07. The molecular weight excluding hydrogens is 354 g/mol. The molecule has 2 amide bonds. The second kappa shape index (κ2) is 9.06. The highest BCUT2D eigenvalue weighted by Crippen LogP contribution is 2.27. The molecule has 1 aliphatic heterocycles. The first-order valence-corrected chi connectivity index (χ1v) is 10.0. The maximum Gasteiger partial charge on any atom is 0.409 e. The van der Waals surface area contributed by atoms with E-state index >= 15 is 0 Å². The van der Waals surface area contributed by atoms with Crippen molar-refractivity contribution in [1.29, 1.82) is 0 Å². The Bertz CT molecular complexity index is 825. The summed E-state index contributed by atoms with van der Waals surface area (Å²) in [7, 11) is 0. The van der Waals surface area contributed by atoms with Gasteiger partial charge in [0.05, 0.1) is 18.3 Å². The number of nitrogens with zero attached hydrogens (tertiary/aromatic N) is 3. The molecule has 0 saturated carbocycles. The smallest absolute Gasteiger partial charge is 0.409 e. The van der Waals surface area contributed by atoms with Crippen molar-refractivity contribution in [1.82, 2.24) is 9.80 Å². The molecule has 28 heavy (non-hydrogen) atoms. The third kappa shape index (κ3) is 4.12. The van der Waals surface area contributed by atoms with Gasteiger partial charge in [-0.25, -0.2) is 4.79 Å². The molecule has 0 aromatic heterocycles. The fourth-order valence-corrected chi connectivity index (χ4v) is 3.78. The molecule has 1 saturated heterocycles. The van der Waals surface area contributed by atoms with Gasteiger partial charge in [0.15, 0.2) is 0 Å². The van der Waals surface area contributed by atoms with Gasteiger partial charge in [-0.1, -0.05) is 36.4 Å². The molecule has 0 bridgehead atoms. The molecule has 3 rings (SSSR count). The SMILES string of the molecule is CCOC(=O)N1CCN([C@H](C)C(=O)N(CC)c2cccc3ccccc23)CC1. The van der Waals surface area contributed by atoms with Crippen LogP contribution in [0.3, 0.4) is 0 Å². The summed E-state index contributed by atoms with van der Waals surface area (Å²) in [4.78, 5) is 30.9. The number of rotatable bonds is 5. The van der Waals surface area contributed by atoms with Crippen LogP contribution in [0.4, 0.5) is 10.5 Å². The number of ether oxygens (including phenoxy) is 1. The number of carbonyl (C=O) groups excluding carboxylic acids is 2. The summed E-state index contributed by atoms with van der Waals surface area (Å²) in [5.74, 6) is 0.0865. The van der Waals surface area contributed by atoms with Gasteiger partial charge in [-0.3, -0.25) is 9.69 Å². The Morgan fingerprint density at radius 3 is 2.39 bits per heavy atom. The average molecular weight is 383 g/mol. The highest BCUT2D eigenvalue weighted by molar-refractivity contribution is 6.05. The fourth-order valence-electron chi connectivity index (χ4n) is 3.78. The number of anilines is 1. The van der Waals surface area contributed by atoms with E-state index in [0.717, 1.165) is 16.5 Å². The van der Waals surface area contributed by atoms with E-state index in [2.05, 4.69) is 23.1 Å². The van der Waals surface area contributed by atoms with Gasteiger partial charge in [-0.15, -0.1) is 0 Å². The maximum atomic E-state index is 13.3. The number of hydrogen-bond acceptors (Lipinski definition) is 4. The predicted octanol–water partition coefficient (Wildman–Crippen LogP) is 3.36. The monoisotopic (exact) mass is 383 g/mol. The zero-order chi connectivity index (χ0) is 20.1. The standard InChI is InChI=1S/C22H29N3O3/c1-4-25(20-12-8-10-18-9-6-7-11-19(18)20)21(26)17(3)23-13-15-24(16-14-23)22(27)28-5-2/h6-12,17H,4-5,13-16H2,1-3H3/t17-/m1/s1. The first-order chi connectivity index (χ1) is 13.6. The van der Waals surface area contributed by atoms with Crippen molar-refractivity contribution in [3.8, 4) is 0 Å². The quantitative estimate of drug-likeness (QED) is 0.795. The summed E-state index contributed by atoms with van der Waals surface area (Å²) in [5.41, 5.74) is 0.947. The van der Waals surface area contributed by atoms with Crippen molar-refractivity contribution in [2.24, 2.45) is 0 Å². The largest absolute Gasteiger partial charge is 0.450 e. The van der Waals surface area contributed by atoms with Crippen LogP contribution >= 0.6 is 0 Å². The number of carbonyl (C=O) groups is 2. The number of hydrogen-bond donors (Lipinski definition) is 0. The Kier molecular flexibility index (Phi) is 6.52. The van der Waals surface area contributed by atoms with Gasteiger partial charge in [0.2, 0.25) is 5.91 Å². The van der Waals surface area contributed by atoms with Gasteiger partial charge >= 0.3 is 6.09 Å². The van der Waals surface area contributed by atoms with Crippen molar-refractivity contribution in [3.63, 3.8) is 0 Å². The van der Waals surface area contributed by atoms with Crippen LogP contribution in [0.1, 0.15) is 20.8 Å². The van der Waals surface area contributed by atoms with Gasteiger partial charge in [0.25, 0.3) is 0 Å². The highest BCUT2D eigenvalue weighted by atomic mass is 16.6. The minimum absolute atomic E-state index is 0.0865. The topological polar surface area (TPSA) is 53.1 Å². The van der Waals surface area contributed by atoms with Crippen LogP contribution in [-0.2, 0) is 9.53 Å². The lowest BCUT2D eigenvalue weighted by Crippen LogP contribution is -2.55. The molecule has 1 atom stereocenters. The molecular formula is C22H29N3O3. The van der Waals surface area contributed by atoms with E-state index in [1.54, 1.807) is 4.90 Å². The minimum Gasteiger partial charge on any atom is -0.450 e. The number of likely N-dealkylation sites (N-methyl/N-ethyl adjacent to an activating group) is 1. The van der Waals surface area contributed by atoms with E-state index in [9.17, 15) is 9.59 Å². The predicted molar refractivity (Wildman–Crippen MR) is 112 cm³/mol. The summed E-state index contributed by atoms with van der Waals surface area (Å²) >= 11 is 0. The third-order valence-corrected chi connectivity index (χ3v) is 5.39. The summed E-state index contributed by atoms with van der Waals surface area (Å²) in [6.45, 7) is 9.25. The van der Waals surface area contributed by atoms with Crippen molar-refractivity contribution < 1.29 is 14.3 Å². The van der Waals surface area contributed by atoms with Gasteiger partial charge in [-0.2, -0.15) is 0 Å². The number of benzene rings is 2. The van der Waals surface area contributed by atoms with Gasteiger partial charge in [-0.05, 0) is 32.2 Å². The summed E-state index contributed by atoms with van der Waals surface area (Å²) in [6.07, 6.45) is -0.271. The van der Waals surface area contributed by atoms with Crippen LogP contribution in [0.25, 0.3) is 10.8 Å². The van der Waals surface area contributed by atoms with Crippen LogP contribution in [0.2, 0.25) is 0 Å². The molecule has 6 nitrogen and oxygen atoms in total. The molecule has 0 aliphatic carbocycles. The number of fused-ring (bicyclic) bond motifs is 1. The third-order valence-electron chi connectivity index (χ3n) is 5.39. The second-order valence-electron chi connectivity index (χ2n) is 6.98. The Morgan fingerprint density at radius 2 is 1.71 bits per heavy atom. The molecule has 1 aliphatic rings. The molecule has 0 unspecified atom stereocenters. The number of piperazine rings is 1. The van der Waals surface area contributed by atoms with Crippen LogP contribution in [-0.4, -0.2) is 67.2 Å². The summed E-state index contributed by atoms with van der Waals surface area (Å²) in [6, 6.07) is 14.0. The van der Waals surface area contributed by atoms with Crippen LogP contribution in [0.15, 0.2) is 42.5 Å². The minimum atomic E-state index is -0.271. The molecule has 1 fully saturated rings. The van der Waals surface area contributed by atoms with Crippen LogP contribution in [0.5, 0.6) is 0 Å². The zero-order valence-corrected chi connectivity index (χ0v) is 16.9. The Balaban J connectivity index is 1.72. The highest BCUT2D eigenvalue weighted by Gasteiger charge is 2.30. The Labute approximate surface area is 166 Å². The van der Waals surface area contributed by atoms with Gasteiger partial charge in [0, 0.05) is 38.1 Å². The number of amides is 2. The lowest BCUT2D eigenvalue weighted by atomic mass is 10.1. The van der Waals surface area contributed by atoms with E-state index in [1.165, 1.54) is 0 Å². The van der Waals surface area contributed by atoms with Gasteiger partial charge in [0.1, 0.15) is 0 Å². The molecule has 0 N–H and O–H groups in total. The molecule has 0 radical (unpaired) electrons. The summed E-state index contributed by atoms with van der Waals surface area (Å²) in [5, 5.41) is 2.21.